The third-order valence-electron chi connectivity index (χ3n) is 14.4. The predicted molar refractivity (Wildman–Crippen MR) is 259 cm³/mol. The average molecular weight is 920 g/mol. The van der Waals surface area contributed by atoms with E-state index in [1.54, 1.807) is 28.7 Å². The highest BCUT2D eigenvalue weighted by molar-refractivity contribution is 6.00. The number of benzene rings is 2. The van der Waals surface area contributed by atoms with Gasteiger partial charge in [0.1, 0.15) is 23.6 Å². The molecule has 2 aromatic carbocycles. The molecule has 0 bridgehead atoms. The van der Waals surface area contributed by atoms with Crippen molar-refractivity contribution >= 4 is 51.2 Å². The lowest BCUT2D eigenvalue weighted by atomic mass is 9.94. The Labute approximate surface area is 393 Å². The Kier molecular flexibility index (Phi) is 12.3. The molecular weight excluding hydrogens is 863 g/mol. The monoisotopic (exact) mass is 919 g/mol. The van der Waals surface area contributed by atoms with Crippen LogP contribution in [-0.2, 0) is 39.9 Å². The molecule has 4 aromatic heterocycles. The summed E-state index contributed by atoms with van der Waals surface area (Å²) in [5, 5.41) is 17.3. The molecule has 352 valence electrons. The number of fused-ring (bicyclic) bond motifs is 3. The van der Waals surface area contributed by atoms with E-state index in [0.717, 1.165) is 76.1 Å². The fourth-order valence-corrected chi connectivity index (χ4v) is 10.6. The van der Waals surface area contributed by atoms with Crippen LogP contribution in [0.4, 0.5) is 17.3 Å². The van der Waals surface area contributed by atoms with Gasteiger partial charge in [0.05, 0.1) is 34.9 Å². The first-order valence-electron chi connectivity index (χ1n) is 23.8. The maximum atomic E-state index is 13.6. The number of hydrogen-bond donors (Lipinski definition) is 3. The van der Waals surface area contributed by atoms with Crippen molar-refractivity contribution in [1.29, 1.82) is 0 Å². The fourth-order valence-electron chi connectivity index (χ4n) is 10.6. The van der Waals surface area contributed by atoms with Crippen molar-refractivity contribution in [3.63, 3.8) is 0 Å². The van der Waals surface area contributed by atoms with Crippen LogP contribution in [0, 0.1) is 17.8 Å². The summed E-state index contributed by atoms with van der Waals surface area (Å²) in [5.74, 6) is 7.07. The van der Waals surface area contributed by atoms with Gasteiger partial charge in [-0.15, -0.1) is 6.58 Å². The number of pyridine rings is 1. The molecule has 3 saturated heterocycles. The van der Waals surface area contributed by atoms with Gasteiger partial charge in [0, 0.05) is 63.8 Å². The molecule has 68 heavy (non-hydrogen) atoms. The van der Waals surface area contributed by atoms with Crippen LogP contribution in [-0.4, -0.2) is 101 Å². The number of allylic oxidation sites excluding steroid dienone is 1. The summed E-state index contributed by atoms with van der Waals surface area (Å²) in [5.41, 5.74) is 4.50. The molecule has 0 spiro atoms. The van der Waals surface area contributed by atoms with Gasteiger partial charge in [-0.25, -0.2) is 24.1 Å². The number of nitrogens with zero attached hydrogens (tertiary/aromatic N) is 9. The summed E-state index contributed by atoms with van der Waals surface area (Å²) in [6, 6.07) is 16.9. The van der Waals surface area contributed by atoms with E-state index in [1.807, 2.05) is 49.4 Å². The fraction of sp³-hybridized carbons (Fsp3) is 0.431. The third kappa shape index (κ3) is 8.52. The standard InChI is InChI=1S/C51H57N11O6/c1-4-25-60-48(65)39-31-52-49(56-46(39)62(60)42-17-11-35-19-24-51(67,5-2)45(35)54-42)53-36-12-14-37(15-13-36)59-28-20-33(21-29-59)32-58-26-22-38(23-27-58)68-30-7-9-34-8-6-10-40-44(34)57(3)50(66)61(40)41-16-18-43(63)55-47(41)64/h4,6,8,10-15,17,31,33,38,41,67H,1,5,16,18-30,32H2,2-3H3,(H,52,53,56)(H,55,63,64)/t41?,51-/m0/s1. The number of aliphatic hydroxyl groups is 1. The summed E-state index contributed by atoms with van der Waals surface area (Å²) < 4.78 is 12.5. The van der Waals surface area contributed by atoms with Crippen molar-refractivity contribution in [3.05, 3.63) is 111 Å². The van der Waals surface area contributed by atoms with E-state index >= 15 is 0 Å². The zero-order valence-electron chi connectivity index (χ0n) is 38.6. The summed E-state index contributed by atoms with van der Waals surface area (Å²) in [4.78, 5) is 70.4. The highest BCUT2D eigenvalue weighted by Crippen LogP contribution is 2.38. The maximum Gasteiger partial charge on any atom is 0.329 e. The van der Waals surface area contributed by atoms with Gasteiger partial charge in [-0.05, 0) is 105 Å². The van der Waals surface area contributed by atoms with Crippen LogP contribution >= 0.6 is 0 Å². The summed E-state index contributed by atoms with van der Waals surface area (Å²) in [7, 11) is 1.68. The zero-order chi connectivity index (χ0) is 47.1. The molecule has 3 N–H and O–H groups in total. The van der Waals surface area contributed by atoms with Crippen LogP contribution in [0.5, 0.6) is 0 Å². The van der Waals surface area contributed by atoms with Gasteiger partial charge in [0.25, 0.3) is 5.56 Å². The number of aromatic nitrogens is 7. The van der Waals surface area contributed by atoms with Crippen molar-refractivity contribution in [1.82, 2.24) is 43.7 Å². The van der Waals surface area contributed by atoms with Crippen molar-refractivity contribution < 1.29 is 19.4 Å². The van der Waals surface area contributed by atoms with E-state index in [9.17, 15) is 24.3 Å². The summed E-state index contributed by atoms with van der Waals surface area (Å²) in [6.45, 7) is 11.4. The summed E-state index contributed by atoms with van der Waals surface area (Å²) in [6.07, 6.45) is 9.92. The van der Waals surface area contributed by atoms with Crippen LogP contribution in [0.1, 0.15) is 81.2 Å². The number of likely N-dealkylation sites (tertiary alicyclic amines) is 1. The first kappa shape index (κ1) is 44.9. The van der Waals surface area contributed by atoms with E-state index < -0.39 is 17.6 Å². The van der Waals surface area contributed by atoms with Gasteiger partial charge < -0.3 is 25.0 Å². The smallest absolute Gasteiger partial charge is 0.329 e. The van der Waals surface area contributed by atoms with Crippen LogP contribution < -0.4 is 26.8 Å². The van der Waals surface area contributed by atoms with Gasteiger partial charge in [-0.1, -0.05) is 37.0 Å². The predicted octanol–water partition coefficient (Wildman–Crippen LogP) is 4.83. The molecule has 4 aliphatic rings. The number of nitrogens with one attached hydrogen (secondary N) is 2. The Morgan fingerprint density at radius 2 is 1.76 bits per heavy atom. The van der Waals surface area contributed by atoms with E-state index in [-0.39, 0.29) is 49.3 Å². The Morgan fingerprint density at radius 3 is 2.51 bits per heavy atom. The van der Waals surface area contributed by atoms with Gasteiger partial charge in [-0.2, -0.15) is 4.98 Å². The average Bonchev–Trinajstić information content (AvgIpc) is 3.93. The summed E-state index contributed by atoms with van der Waals surface area (Å²) >= 11 is 0. The molecule has 3 fully saturated rings. The van der Waals surface area contributed by atoms with E-state index in [0.29, 0.717) is 63.8 Å². The third-order valence-corrected chi connectivity index (χ3v) is 14.4. The van der Waals surface area contributed by atoms with Crippen LogP contribution in [0.3, 0.4) is 0 Å². The number of hydrogen-bond acceptors (Lipinski definition) is 12. The number of carbonyl (C=O) groups excluding carboxylic acids is 2. The first-order valence-corrected chi connectivity index (χ1v) is 23.8. The molecule has 7 heterocycles. The van der Waals surface area contributed by atoms with Crippen LogP contribution in [0.2, 0.25) is 0 Å². The van der Waals surface area contributed by atoms with Gasteiger partial charge in [-0.3, -0.25) is 28.8 Å². The molecule has 1 unspecified atom stereocenters. The number of imidazole rings is 1. The van der Waals surface area contributed by atoms with Gasteiger partial charge in [0.15, 0.2) is 11.5 Å². The second-order valence-corrected chi connectivity index (χ2v) is 18.5. The number of amides is 2. The largest absolute Gasteiger partial charge is 0.384 e. The Hall–Kier alpha value is -6.87. The van der Waals surface area contributed by atoms with Crippen LogP contribution in [0.25, 0.3) is 27.9 Å². The number of carbonyl (C=O) groups is 2. The zero-order valence-corrected chi connectivity index (χ0v) is 38.6. The van der Waals surface area contributed by atoms with Gasteiger partial charge in [0.2, 0.25) is 17.8 Å². The lowest BCUT2D eigenvalue weighted by Gasteiger charge is -2.38. The van der Waals surface area contributed by atoms with Crippen molar-refractivity contribution in [2.24, 2.45) is 13.0 Å². The first-order chi connectivity index (χ1) is 33.0. The SMILES string of the molecule is C=CCn1c(=O)c2cnc(Nc3ccc(N4CCC(CN5CCC(OCC#Cc6cccc7c6n(C)c(=O)n7C6CCC(=O)NC6=O)CC5)CC4)cc3)nc2n1-c1ccc2c(n1)[C@](O)(CC)CC2. The van der Waals surface area contributed by atoms with Gasteiger partial charge >= 0.3 is 5.69 Å². The van der Waals surface area contributed by atoms with Crippen molar-refractivity contribution in [3.8, 4) is 17.7 Å². The molecule has 1 aliphatic carbocycles. The number of para-hydroxylation sites is 1. The molecule has 6 aromatic rings. The van der Waals surface area contributed by atoms with Crippen molar-refractivity contribution in [2.45, 2.75) is 89.0 Å². The quantitative estimate of drug-likeness (QED) is 0.0864. The molecule has 0 radical (unpaired) electrons. The second-order valence-electron chi connectivity index (χ2n) is 18.5. The lowest BCUT2D eigenvalue weighted by molar-refractivity contribution is -0.135. The van der Waals surface area contributed by atoms with E-state index in [2.05, 4.69) is 56.0 Å². The molecular formula is C51H57N11O6. The highest BCUT2D eigenvalue weighted by atomic mass is 16.5. The molecule has 3 aliphatic heterocycles. The topological polar surface area (TPSA) is 187 Å². The van der Waals surface area contributed by atoms with E-state index in [4.69, 9.17) is 14.7 Å². The lowest BCUT2D eigenvalue weighted by Crippen LogP contribution is -2.44. The Balaban J connectivity index is 0.705. The number of aryl methyl sites for hydroxylation is 2. The molecule has 17 heteroatoms. The molecule has 10 rings (SSSR count). The Morgan fingerprint density at radius 1 is 0.971 bits per heavy atom. The molecule has 2 atom stereocenters. The number of imide groups is 1. The minimum absolute atomic E-state index is 0.144. The molecule has 2 amide bonds. The maximum absolute atomic E-state index is 13.6. The van der Waals surface area contributed by atoms with E-state index in [1.165, 1.54) is 14.8 Å². The Bertz CT molecular complexity index is 3100. The number of rotatable bonds is 12. The van der Waals surface area contributed by atoms with Crippen molar-refractivity contribution in [2.75, 3.05) is 49.5 Å². The molecule has 0 saturated carbocycles. The number of anilines is 3. The minimum Gasteiger partial charge on any atom is -0.384 e. The number of ether oxygens (including phenoxy) is 1. The highest BCUT2D eigenvalue weighted by Gasteiger charge is 2.37. The normalized spacial score (nSPS) is 20.4. The van der Waals surface area contributed by atoms with Crippen LogP contribution in [0.15, 0.2) is 83.0 Å². The molecule has 17 nitrogen and oxygen atoms in total. The minimum atomic E-state index is -0.998. The second kappa shape index (κ2) is 18.7. The number of piperidine rings is 3.